The molecule has 0 spiro atoms. The summed E-state index contributed by atoms with van der Waals surface area (Å²) < 4.78 is 0. The van der Waals surface area contributed by atoms with Crippen LogP contribution in [0.1, 0.15) is 39.5 Å². The molecule has 0 bridgehead atoms. The van der Waals surface area contributed by atoms with E-state index >= 15 is 0 Å². The first kappa shape index (κ1) is 12.6. The Balaban J connectivity index is 2.43. The summed E-state index contributed by atoms with van der Waals surface area (Å²) in [5, 5.41) is 17.0. The molecule has 0 radical (unpaired) electrons. The first-order valence-corrected chi connectivity index (χ1v) is 5.52. The summed E-state index contributed by atoms with van der Waals surface area (Å²) in [7, 11) is 0. The highest BCUT2D eigenvalue weighted by atomic mass is 16.4. The Kier molecular flexibility index (Phi) is 3.98. The number of carbonyl (C=O) groups excluding carboxylic acids is 1. The van der Waals surface area contributed by atoms with Crippen LogP contribution in [0.2, 0.25) is 0 Å². The molecule has 0 aromatic rings. The minimum absolute atomic E-state index is 0.0194. The molecule has 0 aromatic heterocycles. The average molecular weight is 228 g/mol. The SMILES string of the molecule is CC(C)(NC(=O)NC1CCCC1)C(N)=NO. The Morgan fingerprint density at radius 2 is 2.00 bits per heavy atom. The second-order valence-electron chi connectivity index (χ2n) is 4.69. The van der Waals surface area contributed by atoms with Crippen LogP contribution in [0.4, 0.5) is 4.79 Å². The number of hydrogen-bond donors (Lipinski definition) is 4. The summed E-state index contributed by atoms with van der Waals surface area (Å²) in [4.78, 5) is 11.6. The van der Waals surface area contributed by atoms with Crippen LogP contribution in [-0.2, 0) is 0 Å². The van der Waals surface area contributed by atoms with Crippen LogP contribution < -0.4 is 16.4 Å². The number of amidine groups is 1. The lowest BCUT2D eigenvalue weighted by Crippen LogP contribution is -2.56. The third-order valence-electron chi connectivity index (χ3n) is 2.86. The van der Waals surface area contributed by atoms with Crippen LogP contribution in [0.5, 0.6) is 0 Å². The van der Waals surface area contributed by atoms with Gasteiger partial charge in [-0.05, 0) is 26.7 Å². The van der Waals surface area contributed by atoms with E-state index in [-0.39, 0.29) is 17.9 Å². The Morgan fingerprint density at radius 3 is 2.50 bits per heavy atom. The maximum absolute atomic E-state index is 11.6. The molecule has 1 aliphatic rings. The maximum atomic E-state index is 11.6. The predicted molar refractivity (Wildman–Crippen MR) is 61.4 cm³/mol. The summed E-state index contributed by atoms with van der Waals surface area (Å²) in [5.74, 6) is -0.0194. The lowest BCUT2D eigenvalue weighted by molar-refractivity contribution is 0.231. The van der Waals surface area contributed by atoms with E-state index in [0.29, 0.717) is 0 Å². The van der Waals surface area contributed by atoms with Crippen molar-refractivity contribution in [2.45, 2.75) is 51.1 Å². The first-order valence-electron chi connectivity index (χ1n) is 5.52. The van der Waals surface area contributed by atoms with Gasteiger partial charge in [-0.2, -0.15) is 0 Å². The van der Waals surface area contributed by atoms with Crippen molar-refractivity contribution in [1.29, 1.82) is 0 Å². The monoisotopic (exact) mass is 228 g/mol. The molecule has 0 heterocycles. The van der Waals surface area contributed by atoms with Gasteiger partial charge < -0.3 is 21.6 Å². The van der Waals surface area contributed by atoms with Gasteiger partial charge in [0, 0.05) is 6.04 Å². The van der Waals surface area contributed by atoms with Gasteiger partial charge in [0.25, 0.3) is 0 Å². The molecule has 6 nitrogen and oxygen atoms in total. The van der Waals surface area contributed by atoms with Crippen LogP contribution in [0.3, 0.4) is 0 Å². The zero-order valence-corrected chi connectivity index (χ0v) is 9.79. The summed E-state index contributed by atoms with van der Waals surface area (Å²) in [6.45, 7) is 3.35. The maximum Gasteiger partial charge on any atom is 0.315 e. The lowest BCUT2D eigenvalue weighted by Gasteiger charge is -2.25. The van der Waals surface area contributed by atoms with Crippen LogP contribution in [0, 0.1) is 0 Å². The van der Waals surface area contributed by atoms with Gasteiger partial charge in [0.05, 0.1) is 5.54 Å². The smallest absolute Gasteiger partial charge is 0.315 e. The summed E-state index contributed by atoms with van der Waals surface area (Å²) in [6, 6.07) is -0.0217. The number of urea groups is 1. The third kappa shape index (κ3) is 3.29. The zero-order chi connectivity index (χ0) is 12.2. The standard InChI is InChI=1S/C10H20N4O2/c1-10(2,8(11)14-16)13-9(15)12-7-5-3-4-6-7/h7,16H,3-6H2,1-2H3,(H2,11,14)(H2,12,13,15). The molecule has 0 atom stereocenters. The molecular formula is C10H20N4O2. The van der Waals surface area contributed by atoms with E-state index in [0.717, 1.165) is 25.7 Å². The molecule has 0 unspecified atom stereocenters. The lowest BCUT2D eigenvalue weighted by atomic mass is 10.1. The molecule has 92 valence electrons. The van der Waals surface area contributed by atoms with E-state index in [4.69, 9.17) is 10.9 Å². The third-order valence-corrected chi connectivity index (χ3v) is 2.86. The topological polar surface area (TPSA) is 99.7 Å². The summed E-state index contributed by atoms with van der Waals surface area (Å²) >= 11 is 0. The van der Waals surface area contributed by atoms with Gasteiger partial charge in [-0.15, -0.1) is 0 Å². The highest BCUT2D eigenvalue weighted by Crippen LogP contribution is 2.17. The number of nitrogens with two attached hydrogens (primary N) is 1. The fourth-order valence-electron chi connectivity index (χ4n) is 1.76. The Labute approximate surface area is 95.3 Å². The van der Waals surface area contributed by atoms with Gasteiger partial charge in [-0.1, -0.05) is 18.0 Å². The molecule has 16 heavy (non-hydrogen) atoms. The van der Waals surface area contributed by atoms with Crippen molar-refractivity contribution in [3.63, 3.8) is 0 Å². The van der Waals surface area contributed by atoms with Crippen LogP contribution >= 0.6 is 0 Å². The summed E-state index contributed by atoms with van der Waals surface area (Å²) in [6.07, 6.45) is 4.37. The second-order valence-corrected chi connectivity index (χ2v) is 4.69. The minimum Gasteiger partial charge on any atom is -0.409 e. The van der Waals surface area contributed by atoms with E-state index in [1.54, 1.807) is 13.8 Å². The molecule has 0 aliphatic heterocycles. The van der Waals surface area contributed by atoms with Crippen molar-refractivity contribution >= 4 is 11.9 Å². The van der Waals surface area contributed by atoms with E-state index < -0.39 is 5.54 Å². The molecule has 1 rings (SSSR count). The van der Waals surface area contributed by atoms with Gasteiger partial charge in [-0.25, -0.2) is 4.79 Å². The van der Waals surface area contributed by atoms with E-state index in [2.05, 4.69) is 15.8 Å². The normalized spacial score (nSPS) is 18.5. The van der Waals surface area contributed by atoms with Gasteiger partial charge in [-0.3, -0.25) is 0 Å². The predicted octanol–water partition coefficient (Wildman–Crippen LogP) is 0.753. The largest absolute Gasteiger partial charge is 0.409 e. The molecule has 1 aliphatic carbocycles. The molecule has 2 amide bonds. The number of oxime groups is 1. The number of hydrogen-bond acceptors (Lipinski definition) is 3. The van der Waals surface area contributed by atoms with Crippen molar-refractivity contribution < 1.29 is 10.0 Å². The van der Waals surface area contributed by atoms with Gasteiger partial charge in [0.15, 0.2) is 5.84 Å². The highest BCUT2D eigenvalue weighted by molar-refractivity contribution is 5.92. The Hall–Kier alpha value is -1.46. The fourth-order valence-corrected chi connectivity index (χ4v) is 1.76. The molecule has 1 saturated carbocycles. The molecular weight excluding hydrogens is 208 g/mol. The average Bonchev–Trinajstić information content (AvgIpc) is 2.67. The van der Waals surface area contributed by atoms with Crippen molar-refractivity contribution in [3.05, 3.63) is 0 Å². The van der Waals surface area contributed by atoms with Crippen molar-refractivity contribution in [3.8, 4) is 0 Å². The number of nitrogens with one attached hydrogen (secondary N) is 2. The van der Waals surface area contributed by atoms with Crippen LogP contribution in [0.15, 0.2) is 5.16 Å². The number of nitrogens with zero attached hydrogens (tertiary/aromatic N) is 1. The summed E-state index contributed by atoms with van der Waals surface area (Å²) in [5.41, 5.74) is 4.61. The highest BCUT2D eigenvalue weighted by Gasteiger charge is 2.27. The minimum atomic E-state index is -0.850. The number of rotatable bonds is 3. The molecule has 0 saturated heterocycles. The molecule has 0 aromatic carbocycles. The van der Waals surface area contributed by atoms with E-state index in [9.17, 15) is 4.79 Å². The van der Waals surface area contributed by atoms with Crippen molar-refractivity contribution in [2.24, 2.45) is 10.9 Å². The van der Waals surface area contributed by atoms with Crippen molar-refractivity contribution in [2.75, 3.05) is 0 Å². The van der Waals surface area contributed by atoms with E-state index in [1.807, 2.05) is 0 Å². The fraction of sp³-hybridized carbons (Fsp3) is 0.800. The Bertz CT molecular complexity index is 283. The van der Waals surface area contributed by atoms with E-state index in [1.165, 1.54) is 0 Å². The van der Waals surface area contributed by atoms with Crippen molar-refractivity contribution in [1.82, 2.24) is 10.6 Å². The molecule has 5 N–H and O–H groups in total. The second kappa shape index (κ2) is 5.05. The van der Waals surface area contributed by atoms with Gasteiger partial charge in [0.1, 0.15) is 0 Å². The first-order chi connectivity index (χ1) is 7.45. The quantitative estimate of drug-likeness (QED) is 0.248. The number of amides is 2. The zero-order valence-electron chi connectivity index (χ0n) is 9.79. The van der Waals surface area contributed by atoms with Gasteiger partial charge in [0.2, 0.25) is 0 Å². The van der Waals surface area contributed by atoms with Crippen LogP contribution in [-0.4, -0.2) is 28.7 Å². The Morgan fingerprint density at radius 1 is 1.44 bits per heavy atom. The van der Waals surface area contributed by atoms with Crippen LogP contribution in [0.25, 0.3) is 0 Å². The molecule has 1 fully saturated rings. The molecule has 6 heteroatoms. The van der Waals surface area contributed by atoms with Gasteiger partial charge >= 0.3 is 6.03 Å². The number of carbonyl (C=O) groups is 1.